The van der Waals surface area contributed by atoms with E-state index in [0.717, 1.165) is 0 Å². The fourth-order valence-corrected chi connectivity index (χ4v) is 1.87. The van der Waals surface area contributed by atoms with Crippen molar-refractivity contribution in [3.8, 4) is 5.75 Å². The van der Waals surface area contributed by atoms with Crippen LogP contribution in [-0.2, 0) is 0 Å². The predicted molar refractivity (Wildman–Crippen MR) is 72.0 cm³/mol. The number of halogens is 1. The first-order valence-corrected chi connectivity index (χ1v) is 5.89. The number of aliphatic hydroxyl groups is 2. The molecule has 1 aromatic rings. The highest BCUT2D eigenvalue weighted by atomic mass is 35.5. The van der Waals surface area contributed by atoms with Gasteiger partial charge in [0.15, 0.2) is 0 Å². The first-order chi connectivity index (χ1) is 9.01. The van der Waals surface area contributed by atoms with Gasteiger partial charge in [0.25, 0.3) is 0 Å². The van der Waals surface area contributed by atoms with Gasteiger partial charge in [0.1, 0.15) is 11.9 Å². The Hall–Kier alpha value is -1.66. The molecular weight excluding hydrogens is 272 g/mol. The fraction of sp³-hybridized carbons (Fsp3) is 0.455. The van der Waals surface area contributed by atoms with E-state index in [1.807, 2.05) is 0 Å². The summed E-state index contributed by atoms with van der Waals surface area (Å²) in [4.78, 5) is 2.57. The van der Waals surface area contributed by atoms with Crippen LogP contribution in [0.2, 0.25) is 5.02 Å². The molecule has 8 heteroatoms. The summed E-state index contributed by atoms with van der Waals surface area (Å²) < 4.78 is 5.03. The van der Waals surface area contributed by atoms with Crippen LogP contribution in [0.4, 0.5) is 5.69 Å². The van der Waals surface area contributed by atoms with Crippen LogP contribution in [0.3, 0.4) is 0 Å². The largest absolute Gasteiger partial charge is 0.495 e. The lowest BCUT2D eigenvalue weighted by Gasteiger charge is -2.19. The zero-order valence-corrected chi connectivity index (χ0v) is 11.1. The second kappa shape index (κ2) is 7.06. The van der Waals surface area contributed by atoms with Crippen LogP contribution in [0.1, 0.15) is 18.1 Å². The Morgan fingerprint density at radius 3 is 2.79 bits per heavy atom. The van der Waals surface area contributed by atoms with Gasteiger partial charge in [-0.2, -0.15) is 0 Å². The highest BCUT2D eigenvalue weighted by molar-refractivity contribution is 6.31. The Bertz CT molecular complexity index is 491. The van der Waals surface area contributed by atoms with Crippen LogP contribution in [0.25, 0.3) is 10.4 Å². The lowest BCUT2D eigenvalue weighted by molar-refractivity contribution is 0.0150. The van der Waals surface area contributed by atoms with Crippen molar-refractivity contribution in [2.45, 2.75) is 18.6 Å². The average Bonchev–Trinajstić information content (AvgIpc) is 2.38. The normalized spacial score (nSPS) is 13.5. The summed E-state index contributed by atoms with van der Waals surface area (Å²) in [5, 5.41) is 23.3. The molecule has 0 saturated heterocycles. The standard InChI is InChI=1S/C11H15ClN4O3/c1-19-10-4-6(7(12)5-8(10)13)11(18)9(17)2-3-15-16-14/h4-5,9,11,17-18H,2-3,13H2,1H3. The number of nitrogens with zero attached hydrogens (tertiary/aromatic N) is 3. The molecule has 0 spiro atoms. The average molecular weight is 287 g/mol. The van der Waals surface area contributed by atoms with Gasteiger partial charge in [-0.3, -0.25) is 0 Å². The van der Waals surface area contributed by atoms with E-state index in [9.17, 15) is 10.2 Å². The van der Waals surface area contributed by atoms with Gasteiger partial charge in [0.05, 0.1) is 18.9 Å². The van der Waals surface area contributed by atoms with Crippen molar-refractivity contribution in [2.75, 3.05) is 19.4 Å². The first kappa shape index (κ1) is 15.4. The summed E-state index contributed by atoms with van der Waals surface area (Å²) in [6.07, 6.45) is -2.19. The van der Waals surface area contributed by atoms with Crippen LogP contribution in [-0.4, -0.2) is 30.0 Å². The quantitative estimate of drug-likeness (QED) is 0.320. The molecule has 0 bridgehead atoms. The van der Waals surface area contributed by atoms with Crippen LogP contribution >= 0.6 is 11.6 Å². The Labute approximate surface area is 115 Å². The molecule has 0 aliphatic carbocycles. The first-order valence-electron chi connectivity index (χ1n) is 5.51. The molecule has 104 valence electrons. The molecule has 1 rings (SSSR count). The van der Waals surface area contributed by atoms with Gasteiger partial charge in [-0.1, -0.05) is 16.7 Å². The third-order valence-electron chi connectivity index (χ3n) is 2.62. The molecule has 0 aromatic heterocycles. The van der Waals surface area contributed by atoms with Crippen molar-refractivity contribution in [3.05, 3.63) is 33.2 Å². The van der Waals surface area contributed by atoms with E-state index in [4.69, 9.17) is 27.6 Å². The minimum absolute atomic E-state index is 0.0818. The third kappa shape index (κ3) is 3.90. The molecule has 0 aliphatic heterocycles. The SMILES string of the molecule is COc1cc(C(O)C(O)CCN=[N+]=[N-])c(Cl)cc1N. The number of aliphatic hydroxyl groups excluding tert-OH is 2. The Kier molecular flexibility index (Phi) is 5.72. The van der Waals surface area contributed by atoms with Gasteiger partial charge in [-0.25, -0.2) is 0 Å². The maximum atomic E-state index is 10.0. The molecule has 0 heterocycles. The summed E-state index contributed by atoms with van der Waals surface area (Å²) in [5.74, 6) is 0.362. The van der Waals surface area contributed by atoms with E-state index in [1.54, 1.807) is 0 Å². The molecule has 1 aromatic carbocycles. The Balaban J connectivity index is 2.91. The number of methoxy groups -OCH3 is 1. The van der Waals surface area contributed by atoms with Gasteiger partial charge >= 0.3 is 0 Å². The number of azide groups is 1. The molecule has 0 saturated carbocycles. The van der Waals surface area contributed by atoms with E-state index in [2.05, 4.69) is 10.0 Å². The highest BCUT2D eigenvalue weighted by Gasteiger charge is 2.22. The molecule has 0 amide bonds. The second-order valence-electron chi connectivity index (χ2n) is 3.87. The molecule has 0 fully saturated rings. The molecule has 7 nitrogen and oxygen atoms in total. The Morgan fingerprint density at radius 2 is 2.21 bits per heavy atom. The van der Waals surface area contributed by atoms with Gasteiger partial charge in [-0.15, -0.1) is 0 Å². The van der Waals surface area contributed by atoms with Gasteiger partial charge < -0.3 is 20.7 Å². The summed E-state index contributed by atoms with van der Waals surface area (Å²) in [6.45, 7) is 0.0818. The smallest absolute Gasteiger partial charge is 0.142 e. The van der Waals surface area contributed by atoms with Gasteiger partial charge in [0.2, 0.25) is 0 Å². The van der Waals surface area contributed by atoms with Crippen molar-refractivity contribution >= 4 is 17.3 Å². The number of benzene rings is 1. The van der Waals surface area contributed by atoms with Gasteiger partial charge in [-0.05, 0) is 24.1 Å². The summed E-state index contributed by atoms with van der Waals surface area (Å²) in [5.41, 5.74) is 14.5. The summed E-state index contributed by atoms with van der Waals surface area (Å²) >= 11 is 5.97. The lowest BCUT2D eigenvalue weighted by atomic mass is 10.0. The number of anilines is 1. The molecule has 19 heavy (non-hydrogen) atoms. The third-order valence-corrected chi connectivity index (χ3v) is 2.95. The maximum Gasteiger partial charge on any atom is 0.142 e. The van der Waals surface area contributed by atoms with Crippen molar-refractivity contribution in [2.24, 2.45) is 5.11 Å². The summed E-state index contributed by atoms with van der Waals surface area (Å²) in [6, 6.07) is 2.91. The van der Waals surface area contributed by atoms with E-state index in [-0.39, 0.29) is 18.0 Å². The van der Waals surface area contributed by atoms with E-state index < -0.39 is 12.2 Å². The summed E-state index contributed by atoms with van der Waals surface area (Å²) in [7, 11) is 1.44. The number of nitrogen functional groups attached to an aromatic ring is 1. The Morgan fingerprint density at radius 1 is 1.53 bits per heavy atom. The van der Waals surface area contributed by atoms with Crippen LogP contribution in [0, 0.1) is 0 Å². The van der Waals surface area contributed by atoms with E-state index in [0.29, 0.717) is 17.0 Å². The highest BCUT2D eigenvalue weighted by Crippen LogP contribution is 2.34. The number of rotatable bonds is 6. The number of nitrogens with two attached hydrogens (primary N) is 1. The molecule has 2 atom stereocenters. The van der Waals surface area contributed by atoms with Crippen LogP contribution in [0.15, 0.2) is 17.2 Å². The lowest BCUT2D eigenvalue weighted by Crippen LogP contribution is -2.19. The van der Waals surface area contributed by atoms with Crippen molar-refractivity contribution in [1.29, 1.82) is 0 Å². The van der Waals surface area contributed by atoms with Crippen LogP contribution < -0.4 is 10.5 Å². The minimum Gasteiger partial charge on any atom is -0.495 e. The zero-order valence-electron chi connectivity index (χ0n) is 10.3. The minimum atomic E-state index is -1.21. The predicted octanol–water partition coefficient (Wildman–Crippen LogP) is 2.03. The molecular formula is C11H15ClN4O3. The second-order valence-corrected chi connectivity index (χ2v) is 4.28. The molecule has 2 unspecified atom stereocenters. The van der Waals surface area contributed by atoms with E-state index >= 15 is 0 Å². The van der Waals surface area contributed by atoms with Crippen molar-refractivity contribution < 1.29 is 14.9 Å². The fourth-order valence-electron chi connectivity index (χ4n) is 1.59. The van der Waals surface area contributed by atoms with Crippen molar-refractivity contribution in [3.63, 3.8) is 0 Å². The zero-order chi connectivity index (χ0) is 14.4. The van der Waals surface area contributed by atoms with E-state index in [1.165, 1.54) is 19.2 Å². The number of hydrogen-bond acceptors (Lipinski definition) is 5. The monoisotopic (exact) mass is 286 g/mol. The molecule has 0 radical (unpaired) electrons. The molecule has 0 aliphatic rings. The molecule has 4 N–H and O–H groups in total. The maximum absolute atomic E-state index is 10.0. The number of ether oxygens (including phenoxy) is 1. The van der Waals surface area contributed by atoms with Gasteiger partial charge in [0, 0.05) is 22.0 Å². The van der Waals surface area contributed by atoms with Crippen LogP contribution in [0.5, 0.6) is 5.75 Å². The topological polar surface area (TPSA) is 124 Å². The van der Waals surface area contributed by atoms with Crippen molar-refractivity contribution in [1.82, 2.24) is 0 Å². The number of hydrogen-bond donors (Lipinski definition) is 3.